The highest BCUT2D eigenvalue weighted by atomic mass is 32.2. The van der Waals surface area contributed by atoms with Crippen LogP contribution >= 0.6 is 11.3 Å². The molecule has 132 valence electrons. The summed E-state index contributed by atoms with van der Waals surface area (Å²) in [5.74, 6) is 0.0292. The van der Waals surface area contributed by atoms with E-state index in [2.05, 4.69) is 0 Å². The largest absolute Gasteiger partial charge is 0.338 e. The number of benzene rings is 1. The predicted octanol–water partition coefficient (Wildman–Crippen LogP) is 2.55. The number of para-hydroxylation sites is 2. The van der Waals surface area contributed by atoms with Crippen molar-refractivity contribution in [1.29, 1.82) is 0 Å². The molecule has 1 fully saturated rings. The summed E-state index contributed by atoms with van der Waals surface area (Å²) in [6, 6.07) is 9.07. The number of thiophene rings is 1. The molecule has 2 aromatic rings. The molecule has 1 aromatic carbocycles. The van der Waals surface area contributed by atoms with Gasteiger partial charge in [0.1, 0.15) is 0 Å². The van der Waals surface area contributed by atoms with Crippen LogP contribution < -0.4 is 8.61 Å². The van der Waals surface area contributed by atoms with Gasteiger partial charge in [0.2, 0.25) is 0 Å². The monoisotopic (exact) mass is 377 g/mol. The molecule has 1 saturated heterocycles. The first-order valence-electron chi connectivity index (χ1n) is 8.19. The van der Waals surface area contributed by atoms with Crippen molar-refractivity contribution in [2.45, 2.75) is 18.9 Å². The molecule has 0 spiro atoms. The molecule has 0 N–H and O–H groups in total. The normalized spacial score (nSPS) is 20.0. The number of nitrogens with zero attached hydrogens (tertiary/aromatic N) is 3. The molecule has 0 saturated carbocycles. The second-order valence-corrected chi connectivity index (χ2v) is 8.91. The van der Waals surface area contributed by atoms with Crippen LogP contribution in [-0.2, 0) is 10.2 Å². The Hall–Kier alpha value is -2.06. The second-order valence-electron chi connectivity index (χ2n) is 6.30. The number of hydrogen-bond acceptors (Lipinski definition) is 4. The number of anilines is 2. The van der Waals surface area contributed by atoms with Gasteiger partial charge in [-0.1, -0.05) is 12.1 Å². The van der Waals surface area contributed by atoms with Crippen LogP contribution in [0.25, 0.3) is 0 Å². The Morgan fingerprint density at radius 1 is 1.12 bits per heavy atom. The van der Waals surface area contributed by atoms with Crippen molar-refractivity contribution in [3.63, 3.8) is 0 Å². The minimum atomic E-state index is -3.54. The molecule has 25 heavy (non-hydrogen) atoms. The minimum Gasteiger partial charge on any atom is -0.338 e. The number of carbonyl (C=O) groups excluding carboxylic acids is 1. The van der Waals surface area contributed by atoms with Crippen molar-refractivity contribution >= 4 is 38.8 Å². The summed E-state index contributed by atoms with van der Waals surface area (Å²) in [5.41, 5.74) is 2.15. The number of likely N-dealkylation sites (tertiary alicyclic amines) is 1. The lowest BCUT2D eigenvalue weighted by Gasteiger charge is -2.36. The smallest absolute Gasteiger partial charge is 0.326 e. The Balaban J connectivity index is 1.54. The van der Waals surface area contributed by atoms with Gasteiger partial charge in [-0.05, 0) is 36.4 Å². The molecule has 2 aliphatic heterocycles. The van der Waals surface area contributed by atoms with Crippen molar-refractivity contribution in [2.24, 2.45) is 0 Å². The van der Waals surface area contributed by atoms with Gasteiger partial charge in [0.25, 0.3) is 5.91 Å². The first-order valence-corrected chi connectivity index (χ1v) is 10.5. The van der Waals surface area contributed by atoms with E-state index in [0.29, 0.717) is 37.2 Å². The van der Waals surface area contributed by atoms with Gasteiger partial charge in [0, 0.05) is 25.5 Å². The van der Waals surface area contributed by atoms with E-state index in [1.165, 1.54) is 19.9 Å². The molecular formula is C17H19N3O3S2. The van der Waals surface area contributed by atoms with Crippen molar-refractivity contribution in [1.82, 2.24) is 4.90 Å². The molecule has 1 aromatic heterocycles. The maximum Gasteiger partial charge on any atom is 0.326 e. The van der Waals surface area contributed by atoms with Crippen LogP contribution in [0.5, 0.6) is 0 Å². The zero-order valence-electron chi connectivity index (χ0n) is 13.8. The van der Waals surface area contributed by atoms with E-state index in [9.17, 15) is 13.2 Å². The van der Waals surface area contributed by atoms with Gasteiger partial charge >= 0.3 is 10.2 Å². The number of piperidine rings is 1. The summed E-state index contributed by atoms with van der Waals surface area (Å²) in [7, 11) is -1.95. The summed E-state index contributed by atoms with van der Waals surface area (Å²) < 4.78 is 28.5. The lowest BCUT2D eigenvalue weighted by Crippen LogP contribution is -2.49. The molecule has 0 aliphatic carbocycles. The van der Waals surface area contributed by atoms with Gasteiger partial charge in [-0.25, -0.2) is 4.31 Å². The fourth-order valence-electron chi connectivity index (χ4n) is 3.55. The number of amides is 1. The highest BCUT2D eigenvalue weighted by Crippen LogP contribution is 2.42. The Bertz CT molecular complexity index is 888. The average molecular weight is 377 g/mol. The molecule has 8 heteroatoms. The van der Waals surface area contributed by atoms with Gasteiger partial charge in [-0.15, -0.1) is 0 Å². The maximum absolute atomic E-state index is 12.8. The molecule has 2 aliphatic rings. The van der Waals surface area contributed by atoms with E-state index < -0.39 is 10.2 Å². The predicted molar refractivity (Wildman–Crippen MR) is 99.5 cm³/mol. The fraction of sp³-hybridized carbons (Fsp3) is 0.353. The Morgan fingerprint density at radius 2 is 1.80 bits per heavy atom. The maximum atomic E-state index is 12.8. The first-order chi connectivity index (χ1) is 12.0. The standard InChI is InChI=1S/C17H19N3O3S2/c1-18-15-4-2-3-5-16(15)20(25(18,22)23)14-6-9-19(10-7-14)17(21)13-8-11-24-12-13/h2-5,8,11-12,14H,6-7,9-10H2,1H3. The molecule has 3 heterocycles. The van der Waals surface area contributed by atoms with E-state index in [-0.39, 0.29) is 11.9 Å². The van der Waals surface area contributed by atoms with Crippen LogP contribution in [0.4, 0.5) is 11.4 Å². The van der Waals surface area contributed by atoms with Crippen LogP contribution in [-0.4, -0.2) is 45.4 Å². The number of fused-ring (bicyclic) bond motifs is 1. The van der Waals surface area contributed by atoms with Crippen molar-refractivity contribution in [3.05, 3.63) is 46.7 Å². The summed E-state index contributed by atoms with van der Waals surface area (Å²) in [6.07, 6.45) is 1.27. The third-order valence-electron chi connectivity index (χ3n) is 4.90. The summed E-state index contributed by atoms with van der Waals surface area (Å²) in [4.78, 5) is 14.3. The number of carbonyl (C=O) groups is 1. The van der Waals surface area contributed by atoms with Gasteiger partial charge < -0.3 is 4.90 Å². The van der Waals surface area contributed by atoms with Crippen molar-refractivity contribution < 1.29 is 13.2 Å². The van der Waals surface area contributed by atoms with Crippen LogP contribution in [0.15, 0.2) is 41.1 Å². The van der Waals surface area contributed by atoms with E-state index >= 15 is 0 Å². The molecular weight excluding hydrogens is 358 g/mol. The van der Waals surface area contributed by atoms with Crippen LogP contribution in [0.1, 0.15) is 23.2 Å². The lowest BCUT2D eigenvalue weighted by molar-refractivity contribution is 0.0716. The molecule has 0 radical (unpaired) electrons. The molecule has 0 atom stereocenters. The van der Waals surface area contributed by atoms with Crippen LogP contribution in [0.3, 0.4) is 0 Å². The highest BCUT2D eigenvalue weighted by Gasteiger charge is 2.43. The molecule has 0 unspecified atom stereocenters. The second kappa shape index (κ2) is 6.03. The molecule has 4 rings (SSSR count). The number of hydrogen-bond donors (Lipinski definition) is 0. The Kier molecular flexibility index (Phi) is 3.96. The number of rotatable bonds is 2. The van der Waals surface area contributed by atoms with Gasteiger partial charge in [0.05, 0.1) is 23.0 Å². The van der Waals surface area contributed by atoms with Crippen molar-refractivity contribution in [2.75, 3.05) is 28.7 Å². The van der Waals surface area contributed by atoms with E-state index in [1.54, 1.807) is 7.05 Å². The molecule has 6 nitrogen and oxygen atoms in total. The quantitative estimate of drug-likeness (QED) is 0.808. The summed E-state index contributed by atoms with van der Waals surface area (Å²) in [5, 5.41) is 3.74. The minimum absolute atomic E-state index is 0.0292. The highest BCUT2D eigenvalue weighted by molar-refractivity contribution is 7.94. The lowest BCUT2D eigenvalue weighted by atomic mass is 10.0. The Labute approximate surface area is 151 Å². The van der Waals surface area contributed by atoms with E-state index in [0.717, 1.165) is 5.69 Å². The van der Waals surface area contributed by atoms with Gasteiger partial charge in [0.15, 0.2) is 0 Å². The first kappa shape index (κ1) is 16.4. The fourth-order valence-corrected chi connectivity index (χ4v) is 5.84. The zero-order chi connectivity index (χ0) is 17.6. The average Bonchev–Trinajstić information content (AvgIpc) is 3.22. The Morgan fingerprint density at radius 3 is 2.44 bits per heavy atom. The van der Waals surface area contributed by atoms with Crippen LogP contribution in [0.2, 0.25) is 0 Å². The van der Waals surface area contributed by atoms with Crippen LogP contribution in [0, 0.1) is 0 Å². The molecule has 1 amide bonds. The van der Waals surface area contributed by atoms with E-state index in [1.807, 2.05) is 46.0 Å². The zero-order valence-corrected chi connectivity index (χ0v) is 15.5. The van der Waals surface area contributed by atoms with Gasteiger partial charge in [-0.3, -0.25) is 9.10 Å². The third-order valence-corrected chi connectivity index (χ3v) is 7.47. The summed E-state index contributed by atoms with van der Waals surface area (Å²) in [6.45, 7) is 1.13. The van der Waals surface area contributed by atoms with Gasteiger partial charge in [-0.2, -0.15) is 19.8 Å². The topological polar surface area (TPSA) is 60.9 Å². The molecule has 0 bridgehead atoms. The SMILES string of the molecule is CN1c2ccccc2N(C2CCN(C(=O)c3ccsc3)CC2)S1(=O)=O. The summed E-state index contributed by atoms with van der Waals surface area (Å²) >= 11 is 1.50. The third kappa shape index (κ3) is 2.60. The van der Waals surface area contributed by atoms with Crippen molar-refractivity contribution in [3.8, 4) is 0 Å². The van der Waals surface area contributed by atoms with E-state index in [4.69, 9.17) is 0 Å².